The Kier molecular flexibility index (Phi) is 7.38. The third-order valence-corrected chi connectivity index (χ3v) is 9.96. The number of alkyl halides is 2. The largest absolute Gasteiger partial charge is 0.386 e. The summed E-state index contributed by atoms with van der Waals surface area (Å²) >= 11 is 4.03. The molecule has 1 unspecified atom stereocenters. The van der Waals surface area contributed by atoms with Crippen molar-refractivity contribution in [3.05, 3.63) is 25.3 Å². The zero-order chi connectivity index (χ0) is 31.0. The van der Waals surface area contributed by atoms with Crippen LogP contribution < -0.4 is 11.5 Å². The summed E-state index contributed by atoms with van der Waals surface area (Å²) in [6.07, 6.45) is -5.76. The summed E-state index contributed by atoms with van der Waals surface area (Å²) in [5, 5.41) is 0. The molecule has 0 radical (unpaired) electrons. The lowest BCUT2D eigenvalue weighted by Gasteiger charge is -2.30. The molecule has 3 aliphatic rings. The van der Waals surface area contributed by atoms with Crippen LogP contribution in [-0.2, 0) is 36.7 Å². The molecule has 3 fully saturated rings. The molecule has 0 aliphatic carbocycles. The lowest BCUT2D eigenvalue weighted by molar-refractivity contribution is -0.0573. The average Bonchev–Trinajstić information content (AvgIpc) is 3.72. The van der Waals surface area contributed by atoms with E-state index in [9.17, 15) is 9.13 Å². The second kappa shape index (κ2) is 10.9. The van der Waals surface area contributed by atoms with Gasteiger partial charge in [0.25, 0.3) is 0 Å². The summed E-state index contributed by atoms with van der Waals surface area (Å²) in [6, 6.07) is 0. The standard InChI is InChI=1S/C21H24F2N10O8P2S/c1-21(23)14-9(39-20(21)33-7-31-12-16(25)27-5-29-18(12)33)2-36-42(34)40-13-8(3-37-43(35,44)41-14)38-19(10(13)22)32-6-30-11-15(24)26-4-28-17(11)32/h4-10,13-14,19-20,42H,2-3H2,1H3,(H,35,44)(H2,24,26,28)(H2,25,27,29)/t8-,9-,10-,13-,14-,19-,20-,21-,43-/m1/s1. The Balaban J connectivity index is 1.16. The van der Waals surface area contributed by atoms with Gasteiger partial charge in [0.1, 0.15) is 48.1 Å². The Bertz CT molecular complexity index is 1820. The molecule has 0 aromatic carbocycles. The summed E-state index contributed by atoms with van der Waals surface area (Å²) in [7, 11) is -3.46. The molecular weight excluding hydrogens is 652 g/mol. The number of nitrogens with two attached hydrogens (primary N) is 2. The van der Waals surface area contributed by atoms with Gasteiger partial charge < -0.3 is 30.0 Å². The number of imidazole rings is 2. The SMILES string of the molecule is C[C@@]1(F)[C@@H]2O[P@](=O)(S)OC[C@H]3O[C@@H](n4cnc5c(N)ncnc54)[C@H](F)[C@@H]3O[PH](=O)OC[C@H]2O[C@H]1n1cnc2c(N)ncnc21. The fraction of sp³-hybridized carbons (Fsp3) is 0.524. The molecule has 0 bridgehead atoms. The third-order valence-electron chi connectivity index (χ3n) is 7.49. The molecule has 236 valence electrons. The molecule has 10 atom stereocenters. The maximum atomic E-state index is 16.6. The first-order valence-electron chi connectivity index (χ1n) is 12.9. The Morgan fingerprint density at radius 1 is 1.00 bits per heavy atom. The minimum Gasteiger partial charge on any atom is -0.382 e. The molecule has 0 saturated carbocycles. The van der Waals surface area contributed by atoms with Crippen LogP contribution in [0, 0.1) is 0 Å². The molecule has 0 amide bonds. The molecule has 4 N–H and O–H groups in total. The van der Waals surface area contributed by atoms with E-state index in [0.29, 0.717) is 0 Å². The van der Waals surface area contributed by atoms with Crippen molar-refractivity contribution in [2.75, 3.05) is 24.7 Å². The second-order valence-electron chi connectivity index (χ2n) is 10.3. The first-order chi connectivity index (χ1) is 20.9. The number of fused-ring (bicyclic) bond motifs is 4. The lowest BCUT2D eigenvalue weighted by Crippen LogP contribution is -2.42. The number of anilines is 2. The van der Waals surface area contributed by atoms with E-state index < -0.39 is 77.0 Å². The van der Waals surface area contributed by atoms with Gasteiger partial charge in [0, 0.05) is 0 Å². The van der Waals surface area contributed by atoms with Crippen molar-refractivity contribution < 1.29 is 45.5 Å². The van der Waals surface area contributed by atoms with Gasteiger partial charge >= 0.3 is 15.1 Å². The fourth-order valence-electron chi connectivity index (χ4n) is 5.44. The number of halogens is 2. The van der Waals surface area contributed by atoms with E-state index >= 15 is 8.78 Å². The van der Waals surface area contributed by atoms with E-state index in [4.69, 9.17) is 39.0 Å². The highest BCUT2D eigenvalue weighted by molar-refractivity contribution is 8.44. The molecule has 7 heterocycles. The van der Waals surface area contributed by atoms with Crippen LogP contribution in [0.2, 0.25) is 0 Å². The number of thiol groups is 1. The van der Waals surface area contributed by atoms with Crippen LogP contribution in [0.3, 0.4) is 0 Å². The van der Waals surface area contributed by atoms with Gasteiger partial charge in [-0.2, -0.15) is 0 Å². The number of ether oxygens (including phenoxy) is 2. The van der Waals surface area contributed by atoms with Gasteiger partial charge in [-0.15, -0.1) is 0 Å². The summed E-state index contributed by atoms with van der Waals surface area (Å²) < 4.78 is 94.9. The van der Waals surface area contributed by atoms with Gasteiger partial charge in [-0.05, 0) is 6.92 Å². The van der Waals surface area contributed by atoms with E-state index in [-0.39, 0.29) is 34.0 Å². The monoisotopic (exact) mass is 676 g/mol. The highest BCUT2D eigenvalue weighted by atomic mass is 32.7. The minimum absolute atomic E-state index is 0.0576. The Morgan fingerprint density at radius 2 is 1.64 bits per heavy atom. The van der Waals surface area contributed by atoms with E-state index in [2.05, 4.69) is 42.2 Å². The molecule has 0 spiro atoms. The third kappa shape index (κ3) is 4.96. The molecule has 18 nitrogen and oxygen atoms in total. The number of hydrogen-bond donors (Lipinski definition) is 3. The van der Waals surface area contributed by atoms with E-state index in [0.717, 1.165) is 6.92 Å². The maximum absolute atomic E-state index is 16.6. The second-order valence-corrected chi connectivity index (χ2v) is 14.2. The van der Waals surface area contributed by atoms with Gasteiger partial charge in [0.05, 0.1) is 25.9 Å². The first kappa shape index (κ1) is 29.8. The fourth-order valence-corrected chi connectivity index (χ4v) is 7.84. The predicted molar refractivity (Wildman–Crippen MR) is 149 cm³/mol. The number of hydrogen-bond acceptors (Lipinski definition) is 16. The smallest absolute Gasteiger partial charge is 0.382 e. The van der Waals surface area contributed by atoms with Crippen LogP contribution in [0.5, 0.6) is 0 Å². The number of nitrogens with zero attached hydrogens (tertiary/aromatic N) is 8. The lowest BCUT2D eigenvalue weighted by atomic mass is 9.98. The summed E-state index contributed by atoms with van der Waals surface area (Å²) in [6.45, 7) is -4.45. The average molecular weight is 676 g/mol. The molecular formula is C21H24F2N10O8P2S. The zero-order valence-electron chi connectivity index (χ0n) is 22.4. The molecule has 3 aliphatic heterocycles. The molecule has 3 saturated heterocycles. The van der Waals surface area contributed by atoms with E-state index in [1.807, 2.05) is 0 Å². The molecule has 4 aromatic heterocycles. The highest BCUT2D eigenvalue weighted by Gasteiger charge is 2.59. The van der Waals surface area contributed by atoms with Crippen LogP contribution in [-0.4, -0.2) is 88.5 Å². The van der Waals surface area contributed by atoms with Crippen LogP contribution in [0.4, 0.5) is 20.4 Å². The van der Waals surface area contributed by atoms with Crippen molar-refractivity contribution in [1.29, 1.82) is 0 Å². The topological polar surface area (TPSA) is 229 Å². The summed E-state index contributed by atoms with van der Waals surface area (Å²) in [5.74, 6) is 0.121. The van der Waals surface area contributed by atoms with Crippen molar-refractivity contribution in [2.45, 2.75) is 55.6 Å². The summed E-state index contributed by atoms with van der Waals surface area (Å²) in [5.41, 5.74) is 9.97. The summed E-state index contributed by atoms with van der Waals surface area (Å²) in [4.78, 5) is 24.1. The van der Waals surface area contributed by atoms with Crippen LogP contribution >= 0.6 is 27.3 Å². The molecule has 23 heteroatoms. The quantitative estimate of drug-likeness (QED) is 0.203. The van der Waals surface area contributed by atoms with E-state index in [1.165, 1.54) is 34.4 Å². The van der Waals surface area contributed by atoms with Gasteiger partial charge in [-0.3, -0.25) is 22.7 Å². The van der Waals surface area contributed by atoms with Crippen molar-refractivity contribution in [3.8, 4) is 0 Å². The van der Waals surface area contributed by atoms with E-state index in [1.54, 1.807) is 0 Å². The van der Waals surface area contributed by atoms with Crippen molar-refractivity contribution in [1.82, 2.24) is 39.0 Å². The number of aromatic nitrogens is 8. The van der Waals surface area contributed by atoms with Gasteiger partial charge in [0.2, 0.25) is 0 Å². The first-order valence-corrected chi connectivity index (χ1v) is 16.9. The normalized spacial score (nSPS) is 38.3. The Labute approximate surface area is 251 Å². The highest BCUT2D eigenvalue weighted by Crippen LogP contribution is 2.59. The predicted octanol–water partition coefficient (Wildman–Crippen LogP) is 1.94. The maximum Gasteiger partial charge on any atom is 0.386 e. The van der Waals surface area contributed by atoms with Crippen LogP contribution in [0.25, 0.3) is 22.3 Å². The van der Waals surface area contributed by atoms with Crippen molar-refractivity contribution in [3.63, 3.8) is 0 Å². The Hall–Kier alpha value is -2.87. The molecule has 44 heavy (non-hydrogen) atoms. The van der Waals surface area contributed by atoms with Gasteiger partial charge in [-0.25, -0.2) is 43.2 Å². The molecule has 4 aromatic rings. The van der Waals surface area contributed by atoms with Crippen LogP contribution in [0.15, 0.2) is 25.3 Å². The van der Waals surface area contributed by atoms with Gasteiger partial charge in [-0.1, -0.05) is 12.2 Å². The van der Waals surface area contributed by atoms with Crippen molar-refractivity contribution >= 4 is 61.3 Å². The zero-order valence-corrected chi connectivity index (χ0v) is 25.2. The number of rotatable bonds is 2. The minimum atomic E-state index is -4.39. The molecule has 7 rings (SSSR count). The number of nitrogen functional groups attached to an aromatic ring is 2. The van der Waals surface area contributed by atoms with Gasteiger partial charge in [0.15, 0.2) is 47.2 Å². The Morgan fingerprint density at radius 3 is 2.32 bits per heavy atom. The van der Waals surface area contributed by atoms with Crippen molar-refractivity contribution in [2.24, 2.45) is 0 Å². The van der Waals surface area contributed by atoms with Crippen LogP contribution in [0.1, 0.15) is 19.4 Å².